The van der Waals surface area contributed by atoms with Crippen LogP contribution in [-0.4, -0.2) is 23.4 Å². The molecule has 0 aromatic heterocycles. The molecule has 2 nitrogen and oxygen atoms in total. The Kier molecular flexibility index (Phi) is 2.13. The van der Waals surface area contributed by atoms with Gasteiger partial charge in [-0.25, -0.2) is 0 Å². The highest BCUT2D eigenvalue weighted by Gasteiger charge is 2.46. The molecular weight excluding hydrogens is 152 g/mol. The molecule has 2 aliphatic rings. The van der Waals surface area contributed by atoms with Crippen LogP contribution in [0.25, 0.3) is 0 Å². The molecule has 1 N–H and O–H groups in total. The summed E-state index contributed by atoms with van der Waals surface area (Å²) in [6, 6.07) is 0. The third-order valence-electron chi connectivity index (χ3n) is 3.26. The lowest BCUT2D eigenvalue weighted by Gasteiger charge is -2.36. The van der Waals surface area contributed by atoms with Gasteiger partial charge in [-0.15, -0.1) is 0 Å². The second kappa shape index (κ2) is 3.00. The molecule has 2 atom stereocenters. The van der Waals surface area contributed by atoms with E-state index in [4.69, 9.17) is 4.74 Å². The monoisotopic (exact) mass is 170 g/mol. The molecule has 2 heteroatoms. The Morgan fingerprint density at radius 1 is 1.50 bits per heavy atom. The Morgan fingerprint density at radius 3 is 2.83 bits per heavy atom. The van der Waals surface area contributed by atoms with Crippen LogP contribution in [0.4, 0.5) is 0 Å². The lowest BCUT2D eigenvalue weighted by Crippen LogP contribution is -2.42. The van der Waals surface area contributed by atoms with E-state index in [1.54, 1.807) is 0 Å². The number of rotatable bonds is 2. The van der Waals surface area contributed by atoms with Gasteiger partial charge in [0, 0.05) is 13.0 Å². The highest BCUT2D eigenvalue weighted by molar-refractivity contribution is 4.97. The summed E-state index contributed by atoms with van der Waals surface area (Å²) in [5.41, 5.74) is -0.362. The molecule has 12 heavy (non-hydrogen) atoms. The van der Waals surface area contributed by atoms with Gasteiger partial charge in [-0.1, -0.05) is 6.92 Å². The molecule has 1 heterocycles. The van der Waals surface area contributed by atoms with Crippen LogP contribution in [0.1, 0.15) is 39.0 Å². The topological polar surface area (TPSA) is 29.5 Å². The van der Waals surface area contributed by atoms with Crippen LogP contribution in [0.2, 0.25) is 0 Å². The Balaban J connectivity index is 1.96. The van der Waals surface area contributed by atoms with Gasteiger partial charge in [-0.3, -0.25) is 0 Å². The molecule has 0 radical (unpaired) electrons. The summed E-state index contributed by atoms with van der Waals surface area (Å²) in [5, 5.41) is 10.2. The van der Waals surface area contributed by atoms with Gasteiger partial charge < -0.3 is 9.84 Å². The normalized spacial score (nSPS) is 43.0. The van der Waals surface area contributed by atoms with Crippen LogP contribution < -0.4 is 0 Å². The fourth-order valence-electron chi connectivity index (χ4n) is 2.21. The second-order valence-electron chi connectivity index (χ2n) is 4.23. The van der Waals surface area contributed by atoms with E-state index >= 15 is 0 Å². The van der Waals surface area contributed by atoms with Crippen molar-refractivity contribution >= 4 is 0 Å². The lowest BCUT2D eigenvalue weighted by molar-refractivity contribution is -0.114. The first-order chi connectivity index (χ1) is 5.74. The molecule has 2 unspecified atom stereocenters. The summed E-state index contributed by atoms with van der Waals surface area (Å²) in [7, 11) is 0. The quantitative estimate of drug-likeness (QED) is 0.683. The molecule has 0 amide bonds. The van der Waals surface area contributed by atoms with Crippen molar-refractivity contribution in [3.8, 4) is 0 Å². The zero-order chi connectivity index (χ0) is 8.60. The fraction of sp³-hybridized carbons (Fsp3) is 1.00. The largest absolute Gasteiger partial charge is 0.389 e. The van der Waals surface area contributed by atoms with Gasteiger partial charge in [0.25, 0.3) is 0 Å². The Hall–Kier alpha value is -0.0800. The summed E-state index contributed by atoms with van der Waals surface area (Å²) in [6.07, 6.45) is 5.53. The highest BCUT2D eigenvalue weighted by atomic mass is 16.5. The van der Waals surface area contributed by atoms with E-state index in [9.17, 15) is 5.11 Å². The molecule has 2 rings (SSSR count). The Morgan fingerprint density at radius 2 is 2.25 bits per heavy atom. The molecule has 1 aliphatic carbocycles. The summed E-state index contributed by atoms with van der Waals surface area (Å²) >= 11 is 0. The van der Waals surface area contributed by atoms with E-state index in [1.165, 1.54) is 12.8 Å². The summed E-state index contributed by atoms with van der Waals surface area (Å²) in [6.45, 7) is 2.88. The Bertz CT molecular complexity index is 165. The highest BCUT2D eigenvalue weighted by Crippen LogP contribution is 2.46. The van der Waals surface area contributed by atoms with Crippen LogP contribution in [0, 0.1) is 5.92 Å². The molecule has 1 saturated carbocycles. The van der Waals surface area contributed by atoms with Crippen LogP contribution in [0.5, 0.6) is 0 Å². The zero-order valence-electron chi connectivity index (χ0n) is 7.75. The lowest BCUT2D eigenvalue weighted by atomic mass is 9.85. The van der Waals surface area contributed by atoms with Gasteiger partial charge in [0.05, 0.1) is 11.7 Å². The molecule has 70 valence electrons. The van der Waals surface area contributed by atoms with E-state index in [1.807, 2.05) is 0 Å². The SMILES string of the molecule is CCC1CC(O)(C2CC2)CCO1. The molecule has 1 aliphatic heterocycles. The fourth-order valence-corrected chi connectivity index (χ4v) is 2.21. The minimum Gasteiger partial charge on any atom is -0.389 e. The van der Waals surface area contributed by atoms with Crippen LogP contribution in [0.15, 0.2) is 0 Å². The van der Waals surface area contributed by atoms with Gasteiger partial charge in [0.2, 0.25) is 0 Å². The van der Waals surface area contributed by atoms with Crippen molar-refractivity contribution < 1.29 is 9.84 Å². The maximum absolute atomic E-state index is 10.2. The predicted molar refractivity (Wildman–Crippen MR) is 46.9 cm³/mol. The number of hydrogen-bond acceptors (Lipinski definition) is 2. The first-order valence-corrected chi connectivity index (χ1v) is 5.08. The first kappa shape index (κ1) is 8.52. The maximum atomic E-state index is 10.2. The van der Waals surface area contributed by atoms with E-state index in [0.29, 0.717) is 12.0 Å². The van der Waals surface area contributed by atoms with E-state index in [2.05, 4.69) is 6.92 Å². The summed E-state index contributed by atoms with van der Waals surface area (Å²) in [5.74, 6) is 0.593. The number of hydrogen-bond donors (Lipinski definition) is 1. The predicted octanol–water partition coefficient (Wildman–Crippen LogP) is 1.72. The third-order valence-corrected chi connectivity index (χ3v) is 3.26. The molecule has 0 spiro atoms. The minimum absolute atomic E-state index is 0.310. The van der Waals surface area contributed by atoms with Gasteiger partial charge in [0.1, 0.15) is 0 Å². The van der Waals surface area contributed by atoms with Gasteiger partial charge >= 0.3 is 0 Å². The first-order valence-electron chi connectivity index (χ1n) is 5.08. The van der Waals surface area contributed by atoms with Crippen molar-refractivity contribution in [3.63, 3.8) is 0 Å². The van der Waals surface area contributed by atoms with Crippen molar-refractivity contribution in [2.24, 2.45) is 5.92 Å². The zero-order valence-corrected chi connectivity index (χ0v) is 7.75. The maximum Gasteiger partial charge on any atom is 0.0722 e. The van der Waals surface area contributed by atoms with Crippen LogP contribution in [-0.2, 0) is 4.74 Å². The van der Waals surface area contributed by atoms with Crippen LogP contribution in [0.3, 0.4) is 0 Å². The minimum atomic E-state index is -0.362. The summed E-state index contributed by atoms with van der Waals surface area (Å²) in [4.78, 5) is 0. The van der Waals surface area contributed by atoms with E-state index in [-0.39, 0.29) is 5.60 Å². The van der Waals surface area contributed by atoms with Crippen molar-refractivity contribution in [3.05, 3.63) is 0 Å². The van der Waals surface area contributed by atoms with Gasteiger partial charge in [0.15, 0.2) is 0 Å². The standard InChI is InChI=1S/C10H18O2/c1-2-9-7-10(11,5-6-12-9)8-3-4-8/h8-9,11H,2-7H2,1H3. The van der Waals surface area contributed by atoms with Crippen molar-refractivity contribution in [1.82, 2.24) is 0 Å². The number of ether oxygens (including phenoxy) is 1. The van der Waals surface area contributed by atoms with E-state index < -0.39 is 0 Å². The second-order valence-corrected chi connectivity index (χ2v) is 4.23. The average molecular weight is 170 g/mol. The van der Waals surface area contributed by atoms with Crippen molar-refractivity contribution in [2.45, 2.75) is 50.7 Å². The number of aliphatic hydroxyl groups is 1. The molecular formula is C10H18O2. The van der Waals surface area contributed by atoms with Gasteiger partial charge in [-0.05, 0) is 31.6 Å². The van der Waals surface area contributed by atoms with Crippen molar-refractivity contribution in [1.29, 1.82) is 0 Å². The smallest absolute Gasteiger partial charge is 0.0722 e. The molecule has 0 aromatic carbocycles. The van der Waals surface area contributed by atoms with E-state index in [0.717, 1.165) is 25.9 Å². The van der Waals surface area contributed by atoms with Crippen molar-refractivity contribution in [2.75, 3.05) is 6.61 Å². The van der Waals surface area contributed by atoms with Gasteiger partial charge in [-0.2, -0.15) is 0 Å². The molecule has 2 fully saturated rings. The average Bonchev–Trinajstić information content (AvgIpc) is 2.86. The Labute approximate surface area is 73.9 Å². The molecule has 0 aromatic rings. The summed E-state index contributed by atoms with van der Waals surface area (Å²) < 4.78 is 5.54. The molecule has 1 saturated heterocycles. The molecule has 0 bridgehead atoms. The van der Waals surface area contributed by atoms with Crippen LogP contribution >= 0.6 is 0 Å². The third kappa shape index (κ3) is 1.50.